The summed E-state index contributed by atoms with van der Waals surface area (Å²) in [5.74, 6) is -0.968. The van der Waals surface area contributed by atoms with Crippen LogP contribution in [0, 0.1) is 0 Å². The van der Waals surface area contributed by atoms with E-state index in [-0.39, 0.29) is 23.2 Å². The van der Waals surface area contributed by atoms with Gasteiger partial charge in [-0.1, -0.05) is 30.3 Å². The number of hydrogen-bond donors (Lipinski definition) is 2. The van der Waals surface area contributed by atoms with E-state index in [4.69, 9.17) is 0 Å². The van der Waals surface area contributed by atoms with Gasteiger partial charge in [0.25, 0.3) is 11.8 Å². The standard InChI is InChI=1S/C24H27N3O3S/c1-16(2)27-13-20(23(29)25-12-18-7-5-4-6-8-18)22(28)21(14-27)24(30)26-17(3)11-19-9-10-31-15-19/h4-10,13-17H,11-12H2,1-3H3,(H,25,29)(H,26,30). The van der Waals surface area contributed by atoms with Crippen LogP contribution in [-0.4, -0.2) is 22.4 Å². The number of hydrogen-bond acceptors (Lipinski definition) is 4. The van der Waals surface area contributed by atoms with Crippen molar-refractivity contribution in [3.05, 3.63) is 92.0 Å². The molecule has 6 nitrogen and oxygen atoms in total. The van der Waals surface area contributed by atoms with Crippen LogP contribution in [0.1, 0.15) is 58.7 Å². The molecule has 162 valence electrons. The normalized spacial score (nSPS) is 11.9. The van der Waals surface area contributed by atoms with Gasteiger partial charge in [0, 0.05) is 31.0 Å². The third-order valence-corrected chi connectivity index (χ3v) is 5.66. The van der Waals surface area contributed by atoms with E-state index >= 15 is 0 Å². The highest BCUT2D eigenvalue weighted by molar-refractivity contribution is 7.07. The molecular weight excluding hydrogens is 410 g/mol. The molecule has 0 aliphatic heterocycles. The number of nitrogens with zero attached hydrogens (tertiary/aromatic N) is 1. The average molecular weight is 438 g/mol. The summed E-state index contributed by atoms with van der Waals surface area (Å²) in [6.45, 7) is 6.05. The van der Waals surface area contributed by atoms with Gasteiger partial charge < -0.3 is 15.2 Å². The molecule has 0 aliphatic carbocycles. The fourth-order valence-electron chi connectivity index (χ4n) is 3.21. The lowest BCUT2D eigenvalue weighted by molar-refractivity contribution is 0.0938. The summed E-state index contributed by atoms with van der Waals surface area (Å²) in [7, 11) is 0. The monoisotopic (exact) mass is 437 g/mol. The number of thiophene rings is 1. The molecule has 0 radical (unpaired) electrons. The Hall–Kier alpha value is -3.19. The molecule has 2 aromatic heterocycles. The van der Waals surface area contributed by atoms with Crippen molar-refractivity contribution in [2.24, 2.45) is 0 Å². The summed E-state index contributed by atoms with van der Waals surface area (Å²) in [5, 5.41) is 9.68. The van der Waals surface area contributed by atoms with E-state index in [1.807, 2.05) is 67.9 Å². The molecule has 0 aliphatic rings. The number of benzene rings is 1. The summed E-state index contributed by atoms with van der Waals surface area (Å²) in [6.07, 6.45) is 3.71. The number of amides is 2. The number of pyridine rings is 1. The molecule has 0 saturated heterocycles. The van der Waals surface area contributed by atoms with Crippen molar-refractivity contribution in [2.75, 3.05) is 0 Å². The van der Waals surface area contributed by atoms with Crippen molar-refractivity contribution in [3.63, 3.8) is 0 Å². The first-order chi connectivity index (χ1) is 14.8. The molecule has 2 N–H and O–H groups in total. The fourth-order valence-corrected chi connectivity index (χ4v) is 3.89. The summed E-state index contributed by atoms with van der Waals surface area (Å²) in [6, 6.07) is 11.3. The third kappa shape index (κ3) is 5.92. The first kappa shape index (κ1) is 22.5. The minimum absolute atomic E-state index is 0.0175. The molecule has 3 rings (SSSR count). The molecule has 2 heterocycles. The van der Waals surface area contributed by atoms with Gasteiger partial charge in [-0.25, -0.2) is 0 Å². The molecule has 1 unspecified atom stereocenters. The highest BCUT2D eigenvalue weighted by Gasteiger charge is 2.21. The lowest BCUT2D eigenvalue weighted by Crippen LogP contribution is -2.39. The molecular formula is C24H27N3O3S. The van der Waals surface area contributed by atoms with E-state index in [9.17, 15) is 14.4 Å². The van der Waals surface area contributed by atoms with Crippen LogP contribution in [0.4, 0.5) is 0 Å². The summed E-state index contributed by atoms with van der Waals surface area (Å²) in [5.41, 5.74) is 1.42. The van der Waals surface area contributed by atoms with Crippen LogP contribution in [0.3, 0.4) is 0 Å². The van der Waals surface area contributed by atoms with E-state index < -0.39 is 17.2 Å². The molecule has 1 aromatic carbocycles. The van der Waals surface area contributed by atoms with Gasteiger partial charge in [-0.15, -0.1) is 0 Å². The summed E-state index contributed by atoms with van der Waals surface area (Å²) < 4.78 is 1.72. The number of nitrogens with one attached hydrogen (secondary N) is 2. The van der Waals surface area contributed by atoms with Crippen molar-refractivity contribution in [3.8, 4) is 0 Å². The molecule has 2 amide bonds. The van der Waals surface area contributed by atoms with Crippen LogP contribution in [0.15, 0.2) is 64.3 Å². The predicted molar refractivity (Wildman–Crippen MR) is 124 cm³/mol. The summed E-state index contributed by atoms with van der Waals surface area (Å²) >= 11 is 1.60. The molecule has 3 aromatic rings. The van der Waals surface area contributed by atoms with Gasteiger partial charge in [0.05, 0.1) is 0 Å². The van der Waals surface area contributed by atoms with Gasteiger partial charge in [0.1, 0.15) is 11.1 Å². The Labute approximate surface area is 185 Å². The quantitative estimate of drug-likeness (QED) is 0.563. The van der Waals surface area contributed by atoms with Gasteiger partial charge in [-0.05, 0) is 55.1 Å². The number of aromatic nitrogens is 1. The first-order valence-corrected chi connectivity index (χ1v) is 11.2. The van der Waals surface area contributed by atoms with Crippen LogP contribution in [0.25, 0.3) is 0 Å². The third-order valence-electron chi connectivity index (χ3n) is 4.93. The molecule has 7 heteroatoms. The molecule has 0 spiro atoms. The van der Waals surface area contributed by atoms with Crippen molar-refractivity contribution in [2.45, 2.75) is 45.8 Å². The van der Waals surface area contributed by atoms with E-state index in [0.29, 0.717) is 13.0 Å². The zero-order valence-corrected chi connectivity index (χ0v) is 18.7. The van der Waals surface area contributed by atoms with Crippen LogP contribution >= 0.6 is 11.3 Å². The van der Waals surface area contributed by atoms with Crippen molar-refractivity contribution < 1.29 is 9.59 Å². The van der Waals surface area contributed by atoms with Gasteiger partial charge >= 0.3 is 0 Å². The lowest BCUT2D eigenvalue weighted by atomic mass is 10.1. The fraction of sp³-hybridized carbons (Fsp3) is 0.292. The van der Waals surface area contributed by atoms with Crippen molar-refractivity contribution >= 4 is 23.2 Å². The summed E-state index contributed by atoms with van der Waals surface area (Å²) in [4.78, 5) is 38.7. The molecule has 0 bridgehead atoms. The second kappa shape index (κ2) is 10.2. The maximum Gasteiger partial charge on any atom is 0.257 e. The number of carbonyl (C=O) groups is 2. The van der Waals surface area contributed by atoms with Crippen molar-refractivity contribution in [1.29, 1.82) is 0 Å². The maximum atomic E-state index is 13.0. The Morgan fingerprint density at radius 1 is 0.968 bits per heavy atom. The van der Waals surface area contributed by atoms with Crippen LogP contribution in [0.5, 0.6) is 0 Å². The SMILES string of the molecule is CC(Cc1ccsc1)NC(=O)c1cn(C(C)C)cc(C(=O)NCc2ccccc2)c1=O. The number of rotatable bonds is 8. The molecule has 0 fully saturated rings. The van der Waals surface area contributed by atoms with E-state index in [1.54, 1.807) is 15.9 Å². The molecule has 31 heavy (non-hydrogen) atoms. The van der Waals surface area contributed by atoms with Gasteiger partial charge in [-0.3, -0.25) is 14.4 Å². The van der Waals surface area contributed by atoms with Gasteiger partial charge in [-0.2, -0.15) is 11.3 Å². The highest BCUT2D eigenvalue weighted by Crippen LogP contribution is 2.10. The Kier molecular flexibility index (Phi) is 7.41. The molecule has 0 saturated carbocycles. The Bertz CT molecular complexity index is 1090. The minimum atomic E-state index is -0.567. The second-order valence-electron chi connectivity index (χ2n) is 7.83. The van der Waals surface area contributed by atoms with Crippen LogP contribution in [0.2, 0.25) is 0 Å². The average Bonchev–Trinajstić information content (AvgIpc) is 3.25. The maximum absolute atomic E-state index is 13.0. The Morgan fingerprint density at radius 2 is 1.65 bits per heavy atom. The highest BCUT2D eigenvalue weighted by atomic mass is 32.1. The van der Waals surface area contributed by atoms with Crippen LogP contribution in [-0.2, 0) is 13.0 Å². The van der Waals surface area contributed by atoms with Gasteiger partial charge in [0.2, 0.25) is 5.43 Å². The largest absolute Gasteiger partial charge is 0.350 e. The van der Waals surface area contributed by atoms with Gasteiger partial charge in [0.15, 0.2) is 0 Å². The predicted octanol–water partition coefficient (Wildman–Crippen LogP) is 3.78. The van der Waals surface area contributed by atoms with Crippen LogP contribution < -0.4 is 16.1 Å². The zero-order valence-electron chi connectivity index (χ0n) is 17.9. The van der Waals surface area contributed by atoms with E-state index in [0.717, 1.165) is 11.1 Å². The van der Waals surface area contributed by atoms with E-state index in [1.165, 1.54) is 12.4 Å². The topological polar surface area (TPSA) is 80.2 Å². The lowest BCUT2D eigenvalue weighted by Gasteiger charge is -2.17. The first-order valence-electron chi connectivity index (χ1n) is 10.2. The smallest absolute Gasteiger partial charge is 0.257 e. The minimum Gasteiger partial charge on any atom is -0.350 e. The second-order valence-corrected chi connectivity index (χ2v) is 8.61. The Balaban J connectivity index is 1.81. The van der Waals surface area contributed by atoms with Crippen molar-refractivity contribution in [1.82, 2.24) is 15.2 Å². The molecule has 1 atom stereocenters. The Morgan fingerprint density at radius 3 is 2.26 bits per heavy atom. The zero-order chi connectivity index (χ0) is 22.4. The number of carbonyl (C=O) groups excluding carboxylic acids is 2. The van der Waals surface area contributed by atoms with E-state index in [2.05, 4.69) is 10.6 Å².